The Balaban J connectivity index is 1.49. The van der Waals surface area contributed by atoms with Gasteiger partial charge in [0.15, 0.2) is 11.7 Å². The number of aromatic nitrogens is 4. The van der Waals surface area contributed by atoms with Gasteiger partial charge >= 0.3 is 5.97 Å². The summed E-state index contributed by atoms with van der Waals surface area (Å²) >= 11 is 6.19. The lowest BCUT2D eigenvalue weighted by molar-refractivity contribution is -0.0393. The number of nitrogens with one attached hydrogen (secondary N) is 1. The first-order valence-corrected chi connectivity index (χ1v) is 13.4. The Morgan fingerprint density at radius 3 is 2.52 bits per heavy atom. The number of rotatable bonds is 7. The summed E-state index contributed by atoms with van der Waals surface area (Å²) in [5, 5.41) is 37.3. The maximum atomic E-state index is 12.5. The van der Waals surface area contributed by atoms with E-state index in [1.807, 2.05) is 30.3 Å². The van der Waals surface area contributed by atoms with Crippen molar-refractivity contribution in [2.45, 2.75) is 30.5 Å². The van der Waals surface area contributed by atoms with E-state index in [9.17, 15) is 20.1 Å². The number of aromatic amines is 1. The van der Waals surface area contributed by atoms with E-state index in [0.717, 1.165) is 11.1 Å². The highest BCUT2D eigenvalue weighted by Gasteiger charge is 2.49. The number of H-pyrrole nitrogens is 1. The van der Waals surface area contributed by atoms with E-state index in [2.05, 4.69) is 20.1 Å². The molecule has 0 unspecified atom stereocenters. The van der Waals surface area contributed by atoms with Crippen LogP contribution in [0.15, 0.2) is 90.6 Å². The minimum Gasteiger partial charge on any atom is -0.478 e. The second kappa shape index (κ2) is 11.4. The maximum Gasteiger partial charge on any atom is 0.335 e. The number of ether oxygens (including phenoxy) is 1. The monoisotopic (exact) mass is 587 g/mol. The number of hydrogen-bond donors (Lipinski definition) is 4. The summed E-state index contributed by atoms with van der Waals surface area (Å²) in [7, 11) is 1.39. The van der Waals surface area contributed by atoms with Gasteiger partial charge in [-0.05, 0) is 46.5 Å². The minimum absolute atomic E-state index is 0.0432. The van der Waals surface area contributed by atoms with Gasteiger partial charge in [0.05, 0.1) is 24.3 Å². The first-order chi connectivity index (χ1) is 20.4. The molecule has 1 fully saturated rings. The largest absolute Gasteiger partial charge is 0.478 e. The quantitative estimate of drug-likeness (QED) is 0.210. The molecule has 6 rings (SSSR count). The number of aromatic carboxylic acids is 1. The van der Waals surface area contributed by atoms with Crippen LogP contribution < -0.4 is 5.49 Å². The maximum absolute atomic E-state index is 12.5. The molecule has 0 bridgehead atoms. The molecule has 11 nitrogen and oxygen atoms in total. The van der Waals surface area contributed by atoms with Gasteiger partial charge in [-0.25, -0.2) is 14.8 Å². The molecule has 2 aromatic heterocycles. The molecule has 0 amide bonds. The van der Waals surface area contributed by atoms with Crippen molar-refractivity contribution in [3.63, 3.8) is 0 Å². The third-order valence-corrected chi connectivity index (χ3v) is 7.65. The number of carboxylic acids is 1. The molecule has 1 aliphatic heterocycles. The Labute approximate surface area is 244 Å². The van der Waals surface area contributed by atoms with Crippen LogP contribution >= 0.6 is 11.6 Å². The average molecular weight is 588 g/mol. The van der Waals surface area contributed by atoms with Crippen LogP contribution in [-0.4, -0.2) is 66.2 Å². The van der Waals surface area contributed by atoms with Gasteiger partial charge in [0, 0.05) is 10.9 Å². The molecule has 3 heterocycles. The van der Waals surface area contributed by atoms with Gasteiger partial charge in [0.2, 0.25) is 5.49 Å². The zero-order chi connectivity index (χ0) is 29.4. The Hall–Kier alpha value is -4.55. The van der Waals surface area contributed by atoms with Gasteiger partial charge in [0.25, 0.3) is 0 Å². The zero-order valence-electron chi connectivity index (χ0n) is 22.2. The molecule has 1 saturated heterocycles. The molecule has 42 heavy (non-hydrogen) atoms. The highest BCUT2D eigenvalue weighted by Crippen LogP contribution is 2.43. The number of hydrogen-bond acceptors (Lipinski definition) is 8. The van der Waals surface area contributed by atoms with Gasteiger partial charge < -0.3 is 29.9 Å². The molecule has 5 aromatic rings. The van der Waals surface area contributed by atoms with Crippen LogP contribution in [0.3, 0.4) is 0 Å². The van der Waals surface area contributed by atoms with Gasteiger partial charge in [-0.15, -0.1) is 0 Å². The van der Waals surface area contributed by atoms with Gasteiger partial charge in [-0.2, -0.15) is 0 Å². The van der Waals surface area contributed by atoms with Crippen molar-refractivity contribution >= 4 is 28.7 Å². The van der Waals surface area contributed by atoms with Crippen LogP contribution in [-0.2, 0) is 9.57 Å². The Kier molecular flexibility index (Phi) is 7.48. The number of nitrogens with zero attached hydrogens (tertiary/aromatic N) is 4. The number of halogens is 1. The molecule has 1 aliphatic rings. The Morgan fingerprint density at radius 1 is 1.05 bits per heavy atom. The Bertz CT molecular complexity index is 1810. The summed E-state index contributed by atoms with van der Waals surface area (Å²) in [6, 6.07) is 21.5. The van der Waals surface area contributed by atoms with E-state index in [1.165, 1.54) is 24.3 Å². The smallest absolute Gasteiger partial charge is 0.335 e. The normalized spacial score (nSPS) is 21.5. The van der Waals surface area contributed by atoms with E-state index in [0.29, 0.717) is 27.3 Å². The summed E-state index contributed by atoms with van der Waals surface area (Å²) in [5.41, 5.74) is 3.80. The molecule has 0 aliphatic carbocycles. The molecule has 4 N–H and O–H groups in total. The highest BCUT2D eigenvalue weighted by molar-refractivity contribution is 6.30. The van der Waals surface area contributed by atoms with Crippen LogP contribution in [0, 0.1) is 0 Å². The molecule has 0 saturated carbocycles. The molecular weight excluding hydrogens is 562 g/mol. The van der Waals surface area contributed by atoms with Crippen LogP contribution in [0.4, 0.5) is 0 Å². The lowest BCUT2D eigenvalue weighted by Gasteiger charge is -2.28. The number of aliphatic hydroxyl groups is 2. The number of benzene rings is 3. The fourth-order valence-corrected chi connectivity index (χ4v) is 5.59. The molecular formula is C30H26ClN5O6. The molecule has 5 atom stereocenters. The minimum atomic E-state index is -1.40. The van der Waals surface area contributed by atoms with E-state index in [4.69, 9.17) is 21.2 Å². The highest BCUT2D eigenvalue weighted by atomic mass is 35.5. The second-order valence-corrected chi connectivity index (χ2v) is 10.3. The number of carbonyl (C=O) groups is 1. The average Bonchev–Trinajstić information content (AvgIpc) is 3.56. The molecule has 0 spiro atoms. The lowest BCUT2D eigenvalue weighted by Crippen LogP contribution is -2.35. The van der Waals surface area contributed by atoms with E-state index >= 15 is 0 Å². The number of carboxylic acid groups (broad SMARTS) is 1. The predicted molar refractivity (Wildman–Crippen MR) is 153 cm³/mol. The number of aliphatic hydroxyl groups excluding tert-OH is 2. The van der Waals surface area contributed by atoms with Crippen LogP contribution in [0.1, 0.15) is 33.6 Å². The molecule has 0 radical (unpaired) electrons. The summed E-state index contributed by atoms with van der Waals surface area (Å²) in [5.74, 6) is -1.93. The zero-order valence-corrected chi connectivity index (χ0v) is 23.0. The molecule has 214 valence electrons. The fraction of sp³-hybridized carbons (Fsp3) is 0.200. The first-order valence-electron chi connectivity index (χ1n) is 13.0. The third kappa shape index (κ3) is 4.92. The van der Waals surface area contributed by atoms with Crippen molar-refractivity contribution in [3.05, 3.63) is 113 Å². The second-order valence-electron chi connectivity index (χ2n) is 9.82. The van der Waals surface area contributed by atoms with Crippen molar-refractivity contribution in [3.8, 4) is 11.1 Å². The van der Waals surface area contributed by atoms with Crippen molar-refractivity contribution in [1.29, 1.82) is 0 Å². The summed E-state index contributed by atoms with van der Waals surface area (Å²) in [4.78, 5) is 28.8. The Morgan fingerprint density at radius 2 is 1.81 bits per heavy atom. The topological polar surface area (TPSA) is 155 Å². The van der Waals surface area contributed by atoms with Crippen molar-refractivity contribution < 1.29 is 29.7 Å². The van der Waals surface area contributed by atoms with E-state index in [-0.39, 0.29) is 11.1 Å². The summed E-state index contributed by atoms with van der Waals surface area (Å²) in [6.07, 6.45) is -2.09. The van der Waals surface area contributed by atoms with Gasteiger partial charge in [-0.1, -0.05) is 65.3 Å². The van der Waals surface area contributed by atoms with Crippen molar-refractivity contribution in [2.75, 3.05) is 7.11 Å². The van der Waals surface area contributed by atoms with E-state index in [1.54, 1.807) is 42.5 Å². The van der Waals surface area contributed by atoms with Crippen molar-refractivity contribution in [1.82, 2.24) is 19.5 Å². The summed E-state index contributed by atoms with van der Waals surface area (Å²) in [6.45, 7) is 0. The van der Waals surface area contributed by atoms with Gasteiger partial charge in [-0.3, -0.25) is 4.57 Å². The SMILES string of the molecule is CO/N=c1/nc[nH]c2c1ncn2[C@@H]1O[C@@H]([C@H](c2ccc(Cl)cc2)c2cc(-c3ccccc3)ccc2C(=O)O)[C@@H](O)[C@H]1O. The fourth-order valence-electron chi connectivity index (χ4n) is 5.46. The predicted octanol–water partition coefficient (Wildman–Crippen LogP) is 3.69. The van der Waals surface area contributed by atoms with Crippen LogP contribution in [0.25, 0.3) is 22.3 Å². The van der Waals surface area contributed by atoms with Crippen molar-refractivity contribution in [2.24, 2.45) is 5.16 Å². The number of fused-ring (bicyclic) bond motifs is 1. The lowest BCUT2D eigenvalue weighted by atomic mass is 9.80. The first kappa shape index (κ1) is 27.6. The molecule has 12 heteroatoms. The third-order valence-electron chi connectivity index (χ3n) is 7.40. The molecule has 3 aromatic carbocycles. The summed E-state index contributed by atoms with van der Waals surface area (Å²) < 4.78 is 7.95. The van der Waals surface area contributed by atoms with Gasteiger partial charge in [0.1, 0.15) is 25.0 Å². The van der Waals surface area contributed by atoms with Crippen LogP contribution in [0.5, 0.6) is 0 Å². The van der Waals surface area contributed by atoms with Crippen LogP contribution in [0.2, 0.25) is 5.02 Å². The van der Waals surface area contributed by atoms with E-state index < -0.39 is 36.4 Å². The number of imidazole rings is 1. The standard InChI is InChI=1S/C30H26ClN5O6/c1-41-35-27-23-28(33-14-32-27)36(15-34-23)29-25(38)24(37)26(42-29)22(17-7-10-19(31)11-8-17)21-13-18(9-12-20(21)30(39)40)16-5-3-2-4-6-16/h2-15,22,24-26,29,37-38H,1H3,(H,39,40)(H,32,33,35)/t22-,24+,25-,26+,29-/m1/s1.